The van der Waals surface area contributed by atoms with E-state index < -0.39 is 7.91 Å². The van der Waals surface area contributed by atoms with Crippen LogP contribution in [0.15, 0.2) is 18.2 Å². The van der Waals surface area contributed by atoms with E-state index >= 15 is 0 Å². The average Bonchev–Trinajstić information content (AvgIpc) is 2.80. The van der Waals surface area contributed by atoms with Crippen LogP contribution in [0.5, 0.6) is 5.75 Å². The summed E-state index contributed by atoms with van der Waals surface area (Å²) >= 11 is 0. The van der Waals surface area contributed by atoms with Crippen LogP contribution in [-0.4, -0.2) is 9.79 Å². The molecule has 0 bridgehead atoms. The van der Waals surface area contributed by atoms with Crippen molar-refractivity contribution in [2.24, 2.45) is 0 Å². The average molecular weight is 292 g/mol. The Morgan fingerprint density at radius 3 is 2.42 bits per heavy atom. The van der Waals surface area contributed by atoms with E-state index in [0.29, 0.717) is 5.56 Å². The zero-order chi connectivity index (χ0) is 14.1. The molecule has 0 unspecified atom stereocenters. The molecule has 0 saturated heterocycles. The van der Waals surface area contributed by atoms with Crippen LogP contribution in [-0.2, 0) is 6.42 Å². The van der Waals surface area contributed by atoms with Crippen molar-refractivity contribution in [3.63, 3.8) is 0 Å². The summed E-state index contributed by atoms with van der Waals surface area (Å²) in [6.07, 6.45) is 4.78. The molecule has 108 valence electrons. The van der Waals surface area contributed by atoms with Crippen molar-refractivity contribution >= 4 is 7.91 Å². The van der Waals surface area contributed by atoms with E-state index in [1.54, 1.807) is 6.07 Å². The fraction of sp³-hybridized carbons (Fsp3) is 0.538. The number of rotatable bonds is 4. The number of benzene rings is 1. The van der Waals surface area contributed by atoms with Crippen LogP contribution < -0.4 is 4.52 Å². The first kappa shape index (κ1) is 14.6. The summed E-state index contributed by atoms with van der Waals surface area (Å²) in [4.78, 5) is 17.3. The molecule has 1 aromatic carbocycles. The quantitative estimate of drug-likeness (QED) is 0.812. The Bertz CT molecular complexity index is 455. The third-order valence-corrected chi connectivity index (χ3v) is 4.02. The van der Waals surface area contributed by atoms with Crippen molar-refractivity contribution in [3.8, 4) is 5.75 Å². The minimum atomic E-state index is -6.97. The van der Waals surface area contributed by atoms with E-state index in [9.17, 15) is 8.39 Å². The second kappa shape index (κ2) is 4.97. The summed E-state index contributed by atoms with van der Waals surface area (Å²) in [6, 6.07) is 4.93. The van der Waals surface area contributed by atoms with Crippen molar-refractivity contribution < 1.29 is 22.7 Å². The van der Waals surface area contributed by atoms with Crippen LogP contribution in [0.4, 0.5) is 8.39 Å². The Morgan fingerprint density at radius 1 is 1.26 bits per heavy atom. The molecule has 3 nitrogen and oxygen atoms in total. The van der Waals surface area contributed by atoms with Gasteiger partial charge in [0.1, 0.15) is 0 Å². The van der Waals surface area contributed by atoms with Crippen molar-refractivity contribution in [2.45, 2.75) is 44.9 Å². The predicted molar refractivity (Wildman–Crippen MR) is 71.2 cm³/mol. The van der Waals surface area contributed by atoms with E-state index in [1.807, 2.05) is 13.0 Å². The van der Waals surface area contributed by atoms with Crippen molar-refractivity contribution in [2.75, 3.05) is 0 Å². The van der Waals surface area contributed by atoms with Crippen LogP contribution in [0.2, 0.25) is 0 Å². The fourth-order valence-corrected chi connectivity index (χ4v) is 3.11. The van der Waals surface area contributed by atoms with Gasteiger partial charge in [0.2, 0.25) is 0 Å². The number of hydrogen-bond donors (Lipinski definition) is 2. The fourth-order valence-electron chi connectivity index (χ4n) is 2.62. The van der Waals surface area contributed by atoms with E-state index in [-0.39, 0.29) is 11.7 Å². The Morgan fingerprint density at radius 2 is 1.89 bits per heavy atom. The van der Waals surface area contributed by atoms with Gasteiger partial charge in [0.05, 0.1) is 0 Å². The molecule has 0 aromatic heterocycles. The van der Waals surface area contributed by atoms with Gasteiger partial charge in [0.25, 0.3) is 0 Å². The molecule has 1 aliphatic carbocycles. The van der Waals surface area contributed by atoms with Crippen LogP contribution in [0.1, 0.15) is 49.7 Å². The molecule has 0 amide bonds. The van der Waals surface area contributed by atoms with Gasteiger partial charge in [-0.2, -0.15) is 0 Å². The molecule has 1 fully saturated rings. The van der Waals surface area contributed by atoms with Crippen LogP contribution in [0, 0.1) is 0 Å². The molecule has 1 aliphatic rings. The Hall–Kier alpha value is -0.770. The molecule has 0 radical (unpaired) electrons. The van der Waals surface area contributed by atoms with Gasteiger partial charge in [-0.05, 0) is 0 Å². The molecular weight excluding hydrogens is 273 g/mol. The summed E-state index contributed by atoms with van der Waals surface area (Å²) in [7, 11) is -6.97. The third kappa shape index (κ3) is 4.10. The number of aryl methyl sites for hydroxylation is 1. The van der Waals surface area contributed by atoms with Gasteiger partial charge >= 0.3 is 111 Å². The van der Waals surface area contributed by atoms with Gasteiger partial charge in [-0.1, -0.05) is 0 Å². The van der Waals surface area contributed by atoms with E-state index in [1.165, 1.54) is 6.07 Å². The Labute approximate surface area is 111 Å². The number of halogens is 2. The monoisotopic (exact) mass is 292 g/mol. The Kier molecular flexibility index (Phi) is 3.83. The third-order valence-electron chi connectivity index (χ3n) is 3.53. The molecular formula is C13H19F2O3P. The van der Waals surface area contributed by atoms with Crippen molar-refractivity contribution in [3.05, 3.63) is 29.3 Å². The molecule has 2 N–H and O–H groups in total. The predicted octanol–water partition coefficient (Wildman–Crippen LogP) is 4.34. The summed E-state index contributed by atoms with van der Waals surface area (Å²) in [6.45, 7) is 1.98. The molecule has 0 spiro atoms. The van der Waals surface area contributed by atoms with Gasteiger partial charge in [-0.15, -0.1) is 0 Å². The molecule has 19 heavy (non-hydrogen) atoms. The second-order valence-electron chi connectivity index (χ2n) is 5.06. The van der Waals surface area contributed by atoms with Gasteiger partial charge in [-0.3, -0.25) is 0 Å². The number of hydrogen-bond acceptors (Lipinski definition) is 3. The minimum absolute atomic E-state index is 0.100. The van der Waals surface area contributed by atoms with E-state index in [4.69, 9.17) is 9.79 Å². The second-order valence-corrected chi connectivity index (χ2v) is 6.75. The maximum absolute atomic E-state index is 13.0. The van der Waals surface area contributed by atoms with Gasteiger partial charge in [-0.25, -0.2) is 0 Å². The normalized spacial score (nSPS) is 19.1. The topological polar surface area (TPSA) is 49.7 Å². The van der Waals surface area contributed by atoms with Gasteiger partial charge < -0.3 is 0 Å². The maximum atomic E-state index is 13.0. The van der Waals surface area contributed by atoms with Crippen LogP contribution in [0.3, 0.4) is 0 Å². The summed E-state index contributed by atoms with van der Waals surface area (Å²) in [5.41, 5.74) is 1.70. The first-order valence-corrected chi connectivity index (χ1v) is 8.37. The summed E-state index contributed by atoms with van der Waals surface area (Å²) < 4.78 is 30.2. The van der Waals surface area contributed by atoms with Crippen LogP contribution >= 0.6 is 7.91 Å². The van der Waals surface area contributed by atoms with E-state index in [2.05, 4.69) is 4.52 Å². The van der Waals surface area contributed by atoms with Gasteiger partial charge in [0, 0.05) is 0 Å². The zero-order valence-electron chi connectivity index (χ0n) is 10.9. The molecule has 1 saturated carbocycles. The summed E-state index contributed by atoms with van der Waals surface area (Å²) in [5.74, 6) is 0.0665. The standard InChI is InChI=1S/C13H19F2O3P/c1-2-10-7-8-13(18-19(14,15,16)17)12(9-10)11-5-3-4-6-11/h7-9,11,16-17H,2-6H2,1H3. The molecule has 6 heteroatoms. The molecule has 1 aromatic rings. The molecule has 0 heterocycles. The molecule has 0 atom stereocenters. The van der Waals surface area contributed by atoms with Crippen molar-refractivity contribution in [1.82, 2.24) is 0 Å². The molecule has 0 aliphatic heterocycles. The first-order chi connectivity index (χ1) is 8.74. The van der Waals surface area contributed by atoms with Gasteiger partial charge in [0.15, 0.2) is 0 Å². The van der Waals surface area contributed by atoms with E-state index in [0.717, 1.165) is 37.7 Å². The summed E-state index contributed by atoms with van der Waals surface area (Å²) in [5, 5.41) is 0. The first-order valence-electron chi connectivity index (χ1n) is 6.53. The Balaban J connectivity index is 2.36. The molecule has 2 rings (SSSR count). The SMILES string of the molecule is CCc1ccc(OP(O)(O)(F)F)c(C2CCCC2)c1. The van der Waals surface area contributed by atoms with Crippen LogP contribution in [0.25, 0.3) is 0 Å². The van der Waals surface area contributed by atoms with Crippen molar-refractivity contribution in [1.29, 1.82) is 0 Å². The zero-order valence-corrected chi connectivity index (χ0v) is 11.7.